The molecule has 5 nitrogen and oxygen atoms in total. The van der Waals surface area contributed by atoms with E-state index in [-0.39, 0.29) is 17.9 Å². The Morgan fingerprint density at radius 2 is 1.71 bits per heavy atom. The zero-order valence-corrected chi connectivity index (χ0v) is 18.2. The molecule has 0 radical (unpaired) electrons. The van der Waals surface area contributed by atoms with Crippen LogP contribution in [0.25, 0.3) is 0 Å². The first kappa shape index (κ1) is 21.3. The highest BCUT2D eigenvalue weighted by Crippen LogP contribution is 2.30. The van der Waals surface area contributed by atoms with E-state index in [2.05, 4.69) is 26.6 Å². The van der Waals surface area contributed by atoms with Crippen molar-refractivity contribution in [1.29, 1.82) is 0 Å². The Labute approximate surface area is 186 Å². The zero-order chi connectivity index (χ0) is 21.6. The van der Waals surface area contributed by atoms with Gasteiger partial charge in [0.1, 0.15) is 11.6 Å². The second-order valence-corrected chi connectivity index (χ2v) is 8.57. The second kappa shape index (κ2) is 9.94. The van der Waals surface area contributed by atoms with Crippen molar-refractivity contribution in [1.82, 2.24) is 10.2 Å². The van der Waals surface area contributed by atoms with E-state index in [1.165, 1.54) is 17.0 Å². The number of hydrogen-bond acceptors (Lipinski definition) is 5. The average molecular weight is 440 g/mol. The molecular weight excluding hydrogens is 413 g/mol. The van der Waals surface area contributed by atoms with Crippen LogP contribution in [-0.2, 0) is 0 Å². The summed E-state index contributed by atoms with van der Waals surface area (Å²) in [6.45, 7) is 5.39. The van der Waals surface area contributed by atoms with Crippen LogP contribution in [0, 0.1) is 5.82 Å². The zero-order valence-electron chi connectivity index (χ0n) is 17.4. The fourth-order valence-electron chi connectivity index (χ4n) is 4.00. The minimum absolute atomic E-state index is 0.0543. The average Bonchev–Trinajstić information content (AvgIpc) is 3.30. The van der Waals surface area contributed by atoms with Gasteiger partial charge in [-0.15, -0.1) is 11.3 Å². The number of hydrogen-bond donors (Lipinski definition) is 1. The molecule has 7 heteroatoms. The third-order valence-electron chi connectivity index (χ3n) is 5.51. The molecule has 2 aromatic carbocycles. The topological polar surface area (TPSA) is 44.8 Å². The van der Waals surface area contributed by atoms with Gasteiger partial charge in [0.15, 0.2) is 0 Å². The number of anilines is 1. The Hall–Kier alpha value is -2.90. The summed E-state index contributed by atoms with van der Waals surface area (Å²) in [5.41, 5.74) is 1.03. The summed E-state index contributed by atoms with van der Waals surface area (Å²) < 4.78 is 18.7. The SMILES string of the molecule is C[C@@H](NC(=O)Oc1ccccc1)[C@@H](c1cccs1)N1CCN(c2ccc(F)cc2)CC1. The van der Waals surface area contributed by atoms with E-state index in [1.807, 2.05) is 43.3 Å². The molecule has 2 heterocycles. The maximum Gasteiger partial charge on any atom is 0.412 e. The van der Waals surface area contributed by atoms with E-state index < -0.39 is 6.09 Å². The molecular formula is C24H26FN3O2S. The van der Waals surface area contributed by atoms with E-state index in [9.17, 15) is 9.18 Å². The number of halogens is 1. The molecule has 0 saturated carbocycles. The lowest BCUT2D eigenvalue weighted by molar-refractivity contribution is 0.146. The first-order valence-corrected chi connectivity index (χ1v) is 11.3. The van der Waals surface area contributed by atoms with Gasteiger partial charge in [-0.2, -0.15) is 0 Å². The lowest BCUT2D eigenvalue weighted by Gasteiger charge is -2.42. The molecule has 3 aromatic rings. The van der Waals surface area contributed by atoms with Crippen LogP contribution in [0.3, 0.4) is 0 Å². The van der Waals surface area contributed by atoms with Crippen molar-refractivity contribution >= 4 is 23.1 Å². The molecule has 1 N–H and O–H groups in total. The van der Waals surface area contributed by atoms with E-state index in [0.29, 0.717) is 5.75 Å². The van der Waals surface area contributed by atoms with Gasteiger partial charge in [0.2, 0.25) is 0 Å². The first-order valence-electron chi connectivity index (χ1n) is 10.4. The van der Waals surface area contributed by atoms with Crippen LogP contribution in [-0.4, -0.2) is 43.2 Å². The number of rotatable bonds is 6. The van der Waals surface area contributed by atoms with Crippen molar-refractivity contribution in [3.05, 3.63) is 82.8 Å². The van der Waals surface area contributed by atoms with Crippen LogP contribution in [0.1, 0.15) is 17.8 Å². The highest BCUT2D eigenvalue weighted by molar-refractivity contribution is 7.10. The number of benzene rings is 2. The molecule has 31 heavy (non-hydrogen) atoms. The smallest absolute Gasteiger partial charge is 0.410 e. The first-order chi connectivity index (χ1) is 15.1. The Bertz CT molecular complexity index is 958. The number of carbonyl (C=O) groups is 1. The van der Waals surface area contributed by atoms with E-state index in [4.69, 9.17) is 4.74 Å². The van der Waals surface area contributed by atoms with Crippen molar-refractivity contribution in [2.75, 3.05) is 31.1 Å². The summed E-state index contributed by atoms with van der Waals surface area (Å²) in [6.07, 6.45) is -0.454. The number of carbonyl (C=O) groups excluding carboxylic acids is 1. The number of nitrogens with zero attached hydrogens (tertiary/aromatic N) is 2. The molecule has 0 unspecified atom stereocenters. The Kier molecular flexibility index (Phi) is 6.84. The van der Waals surface area contributed by atoms with Crippen molar-refractivity contribution < 1.29 is 13.9 Å². The summed E-state index contributed by atoms with van der Waals surface area (Å²) in [7, 11) is 0. The Morgan fingerprint density at radius 3 is 2.35 bits per heavy atom. The van der Waals surface area contributed by atoms with Crippen molar-refractivity contribution in [3.63, 3.8) is 0 Å². The highest BCUT2D eigenvalue weighted by Gasteiger charge is 2.31. The fraction of sp³-hybridized carbons (Fsp3) is 0.292. The van der Waals surface area contributed by atoms with Gasteiger partial charge in [-0.25, -0.2) is 9.18 Å². The van der Waals surface area contributed by atoms with Crippen LogP contribution in [0.4, 0.5) is 14.9 Å². The van der Waals surface area contributed by atoms with Gasteiger partial charge in [0, 0.05) is 42.8 Å². The molecule has 4 rings (SSSR count). The van der Waals surface area contributed by atoms with Crippen LogP contribution in [0.15, 0.2) is 72.1 Å². The molecule has 0 aliphatic carbocycles. The second-order valence-electron chi connectivity index (χ2n) is 7.60. The van der Waals surface area contributed by atoms with Crippen LogP contribution < -0.4 is 15.0 Å². The van der Waals surface area contributed by atoms with Crippen LogP contribution in [0.5, 0.6) is 5.75 Å². The van der Waals surface area contributed by atoms with Gasteiger partial charge in [-0.05, 0) is 54.8 Å². The van der Waals surface area contributed by atoms with Crippen LogP contribution >= 0.6 is 11.3 Å². The van der Waals surface area contributed by atoms with Gasteiger partial charge in [0.25, 0.3) is 0 Å². The Morgan fingerprint density at radius 1 is 1.00 bits per heavy atom. The number of ether oxygens (including phenoxy) is 1. The van der Waals surface area contributed by atoms with Gasteiger partial charge in [0.05, 0.1) is 6.04 Å². The van der Waals surface area contributed by atoms with E-state index >= 15 is 0 Å². The van der Waals surface area contributed by atoms with Crippen molar-refractivity contribution in [3.8, 4) is 5.75 Å². The quantitative estimate of drug-likeness (QED) is 0.592. The minimum atomic E-state index is -0.454. The summed E-state index contributed by atoms with van der Waals surface area (Å²) in [5, 5.41) is 5.07. The molecule has 0 bridgehead atoms. The Balaban J connectivity index is 1.41. The third-order valence-corrected chi connectivity index (χ3v) is 6.45. The third kappa shape index (κ3) is 5.42. The molecule has 162 valence electrons. The maximum absolute atomic E-state index is 13.2. The monoisotopic (exact) mass is 439 g/mol. The lowest BCUT2D eigenvalue weighted by atomic mass is 10.0. The molecule has 0 spiro atoms. The standard InChI is InChI=1S/C24H26FN3O2S/c1-18(26-24(29)30-21-6-3-2-4-7-21)23(22-8-5-17-31-22)28-15-13-27(14-16-28)20-11-9-19(25)10-12-20/h2-12,17-18,23H,13-16H2,1H3,(H,26,29)/t18-,23+/m1/s1. The van der Waals surface area contributed by atoms with Crippen molar-refractivity contribution in [2.24, 2.45) is 0 Å². The largest absolute Gasteiger partial charge is 0.412 e. The number of para-hydroxylation sites is 1. The number of nitrogens with one attached hydrogen (secondary N) is 1. The van der Waals surface area contributed by atoms with Crippen LogP contribution in [0.2, 0.25) is 0 Å². The maximum atomic E-state index is 13.2. The molecule has 1 aliphatic rings. The fourth-order valence-corrected chi connectivity index (χ4v) is 4.97. The molecule has 2 atom stereocenters. The summed E-state index contributed by atoms with van der Waals surface area (Å²) >= 11 is 1.69. The molecule has 1 aromatic heterocycles. The summed E-state index contributed by atoms with van der Waals surface area (Å²) in [4.78, 5) is 18.3. The number of thiophene rings is 1. The lowest BCUT2D eigenvalue weighted by Crippen LogP contribution is -2.52. The van der Waals surface area contributed by atoms with E-state index in [1.54, 1.807) is 23.5 Å². The van der Waals surface area contributed by atoms with E-state index in [0.717, 1.165) is 31.9 Å². The molecule has 1 fully saturated rings. The molecule has 1 aliphatic heterocycles. The van der Waals surface area contributed by atoms with Gasteiger partial charge < -0.3 is 15.0 Å². The minimum Gasteiger partial charge on any atom is -0.410 e. The van der Waals surface area contributed by atoms with Gasteiger partial charge in [-0.3, -0.25) is 4.90 Å². The number of piperazine rings is 1. The predicted octanol–water partition coefficient (Wildman–Crippen LogP) is 4.93. The summed E-state index contributed by atoms with van der Waals surface area (Å²) in [5.74, 6) is 0.301. The normalized spacial score (nSPS) is 16.5. The molecule has 1 saturated heterocycles. The molecule has 1 amide bonds. The predicted molar refractivity (Wildman–Crippen MR) is 122 cm³/mol. The summed E-state index contributed by atoms with van der Waals surface area (Å²) in [6, 6.07) is 19.8. The number of amides is 1. The highest BCUT2D eigenvalue weighted by atomic mass is 32.1. The van der Waals surface area contributed by atoms with Crippen molar-refractivity contribution in [2.45, 2.75) is 19.0 Å². The van der Waals surface area contributed by atoms with Gasteiger partial charge >= 0.3 is 6.09 Å². The van der Waals surface area contributed by atoms with Gasteiger partial charge in [-0.1, -0.05) is 24.3 Å².